The van der Waals surface area contributed by atoms with Crippen molar-refractivity contribution in [2.75, 3.05) is 19.0 Å². The van der Waals surface area contributed by atoms with Crippen molar-refractivity contribution in [3.8, 4) is 5.75 Å². The van der Waals surface area contributed by atoms with E-state index in [-0.39, 0.29) is 5.91 Å². The van der Waals surface area contributed by atoms with Crippen molar-refractivity contribution >= 4 is 11.6 Å². The van der Waals surface area contributed by atoms with Gasteiger partial charge >= 0.3 is 0 Å². The van der Waals surface area contributed by atoms with E-state index < -0.39 is 0 Å². The standard InChI is InChI=1S/C17H19N3O2/c1-3-8-19-17(21)14-9-15(12-18-11-14)20-10-13-4-6-16(22-2)7-5-13/h3-7,9,11-12,20H,1,8,10H2,2H3,(H,19,21). The molecule has 22 heavy (non-hydrogen) atoms. The van der Waals surface area contributed by atoms with Crippen LogP contribution in [-0.4, -0.2) is 24.5 Å². The van der Waals surface area contributed by atoms with Crippen LogP contribution in [0.4, 0.5) is 5.69 Å². The zero-order valence-corrected chi connectivity index (χ0v) is 12.5. The van der Waals surface area contributed by atoms with Crippen LogP contribution < -0.4 is 15.4 Å². The number of rotatable bonds is 7. The molecule has 114 valence electrons. The van der Waals surface area contributed by atoms with Crippen molar-refractivity contribution in [1.82, 2.24) is 10.3 Å². The maximum atomic E-state index is 11.9. The summed E-state index contributed by atoms with van der Waals surface area (Å²) in [6.45, 7) is 4.64. The van der Waals surface area contributed by atoms with E-state index in [2.05, 4.69) is 22.2 Å². The van der Waals surface area contributed by atoms with Crippen LogP contribution in [0, 0.1) is 0 Å². The second-order valence-corrected chi connectivity index (χ2v) is 4.66. The SMILES string of the molecule is C=CCNC(=O)c1cncc(NCc2ccc(OC)cc2)c1. The molecule has 0 saturated heterocycles. The van der Waals surface area contributed by atoms with E-state index in [0.717, 1.165) is 17.0 Å². The van der Waals surface area contributed by atoms with E-state index in [1.54, 1.807) is 25.4 Å². The van der Waals surface area contributed by atoms with Crippen LogP contribution in [0.3, 0.4) is 0 Å². The zero-order chi connectivity index (χ0) is 15.8. The summed E-state index contributed by atoms with van der Waals surface area (Å²) in [6, 6.07) is 9.57. The number of hydrogen-bond donors (Lipinski definition) is 2. The molecule has 0 unspecified atom stereocenters. The van der Waals surface area contributed by atoms with Crippen molar-refractivity contribution in [3.63, 3.8) is 0 Å². The molecular weight excluding hydrogens is 278 g/mol. The Morgan fingerprint density at radius 1 is 1.32 bits per heavy atom. The maximum absolute atomic E-state index is 11.9. The minimum absolute atomic E-state index is 0.166. The molecule has 0 fully saturated rings. The summed E-state index contributed by atoms with van der Waals surface area (Å²) in [4.78, 5) is 15.9. The summed E-state index contributed by atoms with van der Waals surface area (Å²) in [6.07, 6.45) is 4.86. The second kappa shape index (κ2) is 7.83. The molecule has 5 nitrogen and oxygen atoms in total. The number of carbonyl (C=O) groups excluding carboxylic acids is 1. The van der Waals surface area contributed by atoms with E-state index in [9.17, 15) is 4.79 Å². The van der Waals surface area contributed by atoms with Crippen molar-refractivity contribution in [2.24, 2.45) is 0 Å². The lowest BCUT2D eigenvalue weighted by molar-refractivity contribution is 0.0957. The summed E-state index contributed by atoms with van der Waals surface area (Å²) in [5.41, 5.74) is 2.42. The van der Waals surface area contributed by atoms with Gasteiger partial charge in [0.15, 0.2) is 0 Å². The number of nitrogens with one attached hydrogen (secondary N) is 2. The van der Waals surface area contributed by atoms with Crippen molar-refractivity contribution in [3.05, 3.63) is 66.5 Å². The van der Waals surface area contributed by atoms with E-state index in [1.807, 2.05) is 24.3 Å². The topological polar surface area (TPSA) is 63.2 Å². The average molecular weight is 297 g/mol. The molecule has 0 aliphatic carbocycles. The Morgan fingerprint density at radius 2 is 2.09 bits per heavy atom. The first-order valence-corrected chi connectivity index (χ1v) is 6.94. The predicted molar refractivity (Wildman–Crippen MR) is 87.1 cm³/mol. The number of benzene rings is 1. The Bertz CT molecular complexity index is 639. The normalized spacial score (nSPS) is 9.86. The summed E-state index contributed by atoms with van der Waals surface area (Å²) < 4.78 is 5.12. The van der Waals surface area contributed by atoms with Crippen LogP contribution in [0.15, 0.2) is 55.4 Å². The van der Waals surface area contributed by atoms with E-state index >= 15 is 0 Å². The number of hydrogen-bond acceptors (Lipinski definition) is 4. The van der Waals surface area contributed by atoms with Gasteiger partial charge in [0.25, 0.3) is 5.91 Å². The first-order chi connectivity index (χ1) is 10.7. The summed E-state index contributed by atoms with van der Waals surface area (Å²) >= 11 is 0. The third kappa shape index (κ3) is 4.34. The van der Waals surface area contributed by atoms with Crippen LogP contribution in [0.1, 0.15) is 15.9 Å². The highest BCUT2D eigenvalue weighted by atomic mass is 16.5. The third-order valence-corrected chi connectivity index (χ3v) is 3.06. The van der Waals surface area contributed by atoms with Crippen molar-refractivity contribution in [1.29, 1.82) is 0 Å². The third-order valence-electron chi connectivity index (χ3n) is 3.06. The molecule has 0 aliphatic rings. The number of carbonyl (C=O) groups is 1. The Morgan fingerprint density at radius 3 is 2.77 bits per heavy atom. The molecule has 0 aliphatic heterocycles. The predicted octanol–water partition coefficient (Wildman–Crippen LogP) is 2.62. The smallest absolute Gasteiger partial charge is 0.253 e. The first-order valence-electron chi connectivity index (χ1n) is 6.94. The van der Waals surface area contributed by atoms with Crippen LogP contribution in [-0.2, 0) is 6.54 Å². The van der Waals surface area contributed by atoms with Gasteiger partial charge in [-0.25, -0.2) is 0 Å². The Hall–Kier alpha value is -2.82. The molecule has 1 aromatic heterocycles. The Kier molecular flexibility index (Phi) is 5.54. The number of aromatic nitrogens is 1. The number of nitrogens with zero attached hydrogens (tertiary/aromatic N) is 1. The molecular formula is C17H19N3O2. The largest absolute Gasteiger partial charge is 0.497 e. The van der Waals surface area contributed by atoms with Crippen LogP contribution in [0.5, 0.6) is 5.75 Å². The average Bonchev–Trinajstić information content (AvgIpc) is 2.58. The number of pyridine rings is 1. The summed E-state index contributed by atoms with van der Waals surface area (Å²) in [7, 11) is 1.64. The number of amides is 1. The number of methoxy groups -OCH3 is 1. The lowest BCUT2D eigenvalue weighted by Gasteiger charge is -2.08. The molecule has 1 amide bonds. The van der Waals surface area contributed by atoms with Gasteiger partial charge in [-0.05, 0) is 23.8 Å². The Balaban J connectivity index is 1.97. The van der Waals surface area contributed by atoms with Gasteiger partial charge < -0.3 is 15.4 Å². The van der Waals surface area contributed by atoms with Gasteiger partial charge in [-0.3, -0.25) is 9.78 Å². The lowest BCUT2D eigenvalue weighted by Crippen LogP contribution is -2.23. The van der Waals surface area contributed by atoms with E-state index in [0.29, 0.717) is 18.7 Å². The summed E-state index contributed by atoms with van der Waals surface area (Å²) in [5, 5.41) is 5.97. The zero-order valence-electron chi connectivity index (χ0n) is 12.5. The van der Waals surface area contributed by atoms with Gasteiger partial charge in [-0.15, -0.1) is 6.58 Å². The van der Waals surface area contributed by atoms with Gasteiger partial charge in [0, 0.05) is 25.5 Å². The van der Waals surface area contributed by atoms with E-state index in [1.165, 1.54) is 6.20 Å². The molecule has 0 atom stereocenters. The fraction of sp³-hybridized carbons (Fsp3) is 0.176. The Labute approximate surface area is 130 Å². The minimum Gasteiger partial charge on any atom is -0.497 e. The molecule has 0 spiro atoms. The van der Waals surface area contributed by atoms with Crippen molar-refractivity contribution < 1.29 is 9.53 Å². The quantitative estimate of drug-likeness (QED) is 0.771. The fourth-order valence-corrected chi connectivity index (χ4v) is 1.88. The van der Waals surface area contributed by atoms with Gasteiger partial charge in [-0.1, -0.05) is 18.2 Å². The highest BCUT2D eigenvalue weighted by Gasteiger charge is 2.05. The van der Waals surface area contributed by atoms with Gasteiger partial charge in [0.2, 0.25) is 0 Å². The monoisotopic (exact) mass is 297 g/mol. The van der Waals surface area contributed by atoms with Gasteiger partial charge in [0.1, 0.15) is 5.75 Å². The maximum Gasteiger partial charge on any atom is 0.253 e. The molecule has 2 N–H and O–H groups in total. The second-order valence-electron chi connectivity index (χ2n) is 4.66. The van der Waals surface area contributed by atoms with Crippen LogP contribution in [0.25, 0.3) is 0 Å². The molecule has 0 bridgehead atoms. The van der Waals surface area contributed by atoms with Crippen LogP contribution >= 0.6 is 0 Å². The van der Waals surface area contributed by atoms with E-state index in [4.69, 9.17) is 4.74 Å². The van der Waals surface area contributed by atoms with Gasteiger partial charge in [-0.2, -0.15) is 0 Å². The number of ether oxygens (including phenoxy) is 1. The molecule has 2 aromatic rings. The molecule has 5 heteroatoms. The fourth-order valence-electron chi connectivity index (χ4n) is 1.88. The summed E-state index contributed by atoms with van der Waals surface area (Å²) in [5.74, 6) is 0.659. The number of anilines is 1. The first kappa shape index (κ1) is 15.6. The highest BCUT2D eigenvalue weighted by molar-refractivity contribution is 5.94. The van der Waals surface area contributed by atoms with Crippen molar-refractivity contribution in [2.45, 2.75) is 6.54 Å². The highest BCUT2D eigenvalue weighted by Crippen LogP contribution is 2.14. The molecule has 0 saturated carbocycles. The van der Waals surface area contributed by atoms with Gasteiger partial charge in [0.05, 0.1) is 18.4 Å². The lowest BCUT2D eigenvalue weighted by atomic mass is 10.2. The molecule has 1 heterocycles. The van der Waals surface area contributed by atoms with Crippen LogP contribution in [0.2, 0.25) is 0 Å². The molecule has 2 rings (SSSR count). The molecule has 0 radical (unpaired) electrons. The molecule has 1 aromatic carbocycles. The minimum atomic E-state index is -0.166.